The maximum atomic E-state index is 12.2. The lowest BCUT2D eigenvalue weighted by Gasteiger charge is -2.03. The molecule has 0 aliphatic heterocycles. The molecule has 0 saturated heterocycles. The van der Waals surface area contributed by atoms with E-state index in [9.17, 15) is 4.79 Å². The van der Waals surface area contributed by atoms with Gasteiger partial charge in [0, 0.05) is 6.54 Å². The lowest BCUT2D eigenvalue weighted by atomic mass is 10.2. The third-order valence-corrected chi connectivity index (χ3v) is 4.05. The van der Waals surface area contributed by atoms with Crippen LogP contribution in [0.2, 0.25) is 5.02 Å². The van der Waals surface area contributed by atoms with Gasteiger partial charge in [0.2, 0.25) is 5.78 Å². The molecule has 6 heteroatoms. The monoisotopic (exact) mass is 318 g/mol. The van der Waals surface area contributed by atoms with Gasteiger partial charge in [0.15, 0.2) is 0 Å². The number of aryl methyl sites for hydroxylation is 1. The molecule has 2 aromatic heterocycles. The molecule has 0 N–H and O–H groups in total. The molecule has 16 heavy (non-hydrogen) atoms. The molecule has 0 amide bonds. The van der Waals surface area contributed by atoms with Gasteiger partial charge in [-0.2, -0.15) is 5.10 Å². The Bertz CT molecular complexity index is 535. The Labute approximate surface area is 110 Å². The summed E-state index contributed by atoms with van der Waals surface area (Å²) < 4.78 is 2.35. The predicted octanol–water partition coefficient (Wildman–Crippen LogP) is 3.61. The first kappa shape index (κ1) is 11.8. The number of carbonyl (C=O) groups excluding carboxylic acids is 1. The van der Waals surface area contributed by atoms with Crippen LogP contribution >= 0.6 is 38.9 Å². The van der Waals surface area contributed by atoms with Gasteiger partial charge in [0.05, 0.1) is 20.6 Å². The second-order valence-electron chi connectivity index (χ2n) is 3.08. The molecule has 3 nitrogen and oxygen atoms in total. The lowest BCUT2D eigenvalue weighted by molar-refractivity contribution is 0.103. The first-order valence-corrected chi connectivity index (χ1v) is 6.69. The van der Waals surface area contributed by atoms with E-state index in [0.717, 1.165) is 0 Å². The molecule has 0 fully saturated rings. The standard InChI is InChI=1S/C10H8BrClN2OS/c1-2-14-8(6(11)5-13-14)9(15)10-7(12)3-4-16-10/h3-5H,2H2,1H3. The zero-order valence-corrected chi connectivity index (χ0v) is 11.6. The molecule has 0 spiro atoms. The highest BCUT2D eigenvalue weighted by molar-refractivity contribution is 9.10. The third kappa shape index (κ3) is 1.95. The average Bonchev–Trinajstić information content (AvgIpc) is 2.83. The molecule has 0 unspecified atom stereocenters. The summed E-state index contributed by atoms with van der Waals surface area (Å²) in [6, 6.07) is 1.72. The van der Waals surface area contributed by atoms with Gasteiger partial charge in [-0.15, -0.1) is 11.3 Å². The Hall–Kier alpha value is -0.650. The van der Waals surface area contributed by atoms with Crippen LogP contribution in [0, 0.1) is 0 Å². The number of nitrogens with zero attached hydrogens (tertiary/aromatic N) is 2. The van der Waals surface area contributed by atoms with Gasteiger partial charge < -0.3 is 0 Å². The van der Waals surface area contributed by atoms with Crippen molar-refractivity contribution in [1.82, 2.24) is 9.78 Å². The SMILES string of the molecule is CCn1ncc(Br)c1C(=O)c1sccc1Cl. The van der Waals surface area contributed by atoms with Crippen molar-refractivity contribution in [2.75, 3.05) is 0 Å². The summed E-state index contributed by atoms with van der Waals surface area (Å²) in [5.74, 6) is -0.0915. The molecule has 0 bridgehead atoms. The highest BCUT2D eigenvalue weighted by Gasteiger charge is 2.21. The van der Waals surface area contributed by atoms with Gasteiger partial charge in [0.25, 0.3) is 0 Å². The minimum Gasteiger partial charge on any atom is -0.286 e. The highest BCUT2D eigenvalue weighted by Crippen LogP contribution is 2.27. The molecule has 2 aromatic rings. The Morgan fingerprint density at radius 3 is 3.00 bits per heavy atom. The first-order valence-electron chi connectivity index (χ1n) is 4.64. The fourth-order valence-electron chi connectivity index (χ4n) is 1.39. The maximum absolute atomic E-state index is 12.2. The number of hydrogen-bond acceptors (Lipinski definition) is 3. The second-order valence-corrected chi connectivity index (χ2v) is 5.26. The molecule has 84 valence electrons. The van der Waals surface area contributed by atoms with Crippen molar-refractivity contribution in [3.63, 3.8) is 0 Å². The van der Waals surface area contributed by atoms with E-state index in [0.29, 0.717) is 26.6 Å². The van der Waals surface area contributed by atoms with E-state index < -0.39 is 0 Å². The van der Waals surface area contributed by atoms with E-state index in [1.54, 1.807) is 22.3 Å². The van der Waals surface area contributed by atoms with Crippen molar-refractivity contribution in [1.29, 1.82) is 0 Å². The Balaban J connectivity index is 2.49. The molecule has 0 aliphatic rings. The minimum atomic E-state index is -0.0915. The van der Waals surface area contributed by atoms with Crippen molar-refractivity contribution >= 4 is 44.7 Å². The average molecular weight is 320 g/mol. The number of hydrogen-bond donors (Lipinski definition) is 0. The largest absolute Gasteiger partial charge is 0.286 e. The zero-order chi connectivity index (χ0) is 11.7. The van der Waals surface area contributed by atoms with E-state index in [1.807, 2.05) is 6.92 Å². The van der Waals surface area contributed by atoms with Crippen LogP contribution in [0.3, 0.4) is 0 Å². The molecular formula is C10H8BrClN2OS. The van der Waals surface area contributed by atoms with Crippen molar-refractivity contribution in [3.05, 3.63) is 37.7 Å². The van der Waals surface area contributed by atoms with Crippen LogP contribution in [0.4, 0.5) is 0 Å². The fraction of sp³-hybridized carbons (Fsp3) is 0.200. The number of thiophene rings is 1. The summed E-state index contributed by atoms with van der Waals surface area (Å²) in [5.41, 5.74) is 0.548. The first-order chi connectivity index (χ1) is 7.65. The van der Waals surface area contributed by atoms with E-state index in [4.69, 9.17) is 11.6 Å². The summed E-state index contributed by atoms with van der Waals surface area (Å²) in [6.07, 6.45) is 1.62. The Morgan fingerprint density at radius 2 is 2.44 bits per heavy atom. The van der Waals surface area contributed by atoms with E-state index >= 15 is 0 Å². The van der Waals surface area contributed by atoms with Gasteiger partial charge >= 0.3 is 0 Å². The summed E-state index contributed by atoms with van der Waals surface area (Å²) >= 11 is 10.6. The van der Waals surface area contributed by atoms with Crippen LogP contribution in [0.1, 0.15) is 22.3 Å². The van der Waals surface area contributed by atoms with Crippen molar-refractivity contribution in [3.8, 4) is 0 Å². The third-order valence-electron chi connectivity index (χ3n) is 2.13. The fourth-order valence-corrected chi connectivity index (χ4v) is 2.95. The predicted molar refractivity (Wildman–Crippen MR) is 68.4 cm³/mol. The summed E-state index contributed by atoms with van der Waals surface area (Å²) in [4.78, 5) is 12.8. The zero-order valence-electron chi connectivity index (χ0n) is 8.41. The summed E-state index contributed by atoms with van der Waals surface area (Å²) in [7, 11) is 0. The number of ketones is 1. The Morgan fingerprint density at radius 1 is 1.69 bits per heavy atom. The van der Waals surface area contributed by atoms with E-state index in [-0.39, 0.29) is 5.78 Å². The van der Waals surface area contributed by atoms with Crippen LogP contribution < -0.4 is 0 Å². The number of carbonyl (C=O) groups is 1. The van der Waals surface area contributed by atoms with Crippen LogP contribution in [-0.2, 0) is 6.54 Å². The molecule has 0 saturated carbocycles. The van der Waals surface area contributed by atoms with Crippen molar-refractivity contribution in [2.24, 2.45) is 0 Å². The van der Waals surface area contributed by atoms with Crippen molar-refractivity contribution < 1.29 is 4.79 Å². The molecular weight excluding hydrogens is 312 g/mol. The van der Waals surface area contributed by atoms with Gasteiger partial charge in [-0.25, -0.2) is 0 Å². The van der Waals surface area contributed by atoms with Gasteiger partial charge in [-0.1, -0.05) is 11.6 Å². The topological polar surface area (TPSA) is 34.9 Å². The smallest absolute Gasteiger partial charge is 0.223 e. The van der Waals surface area contributed by atoms with Crippen LogP contribution in [0.15, 0.2) is 22.1 Å². The molecule has 0 radical (unpaired) electrons. The lowest BCUT2D eigenvalue weighted by Crippen LogP contribution is -2.10. The maximum Gasteiger partial charge on any atom is 0.223 e. The summed E-state index contributed by atoms with van der Waals surface area (Å²) in [6.45, 7) is 2.59. The molecule has 0 aromatic carbocycles. The molecule has 0 atom stereocenters. The normalized spacial score (nSPS) is 10.7. The minimum absolute atomic E-state index is 0.0915. The van der Waals surface area contributed by atoms with Crippen molar-refractivity contribution in [2.45, 2.75) is 13.5 Å². The second kappa shape index (κ2) is 4.69. The van der Waals surface area contributed by atoms with Crippen LogP contribution in [0.5, 0.6) is 0 Å². The molecule has 2 rings (SSSR count). The van der Waals surface area contributed by atoms with E-state index in [1.165, 1.54) is 11.3 Å². The van der Waals surface area contributed by atoms with Crippen LogP contribution in [0.25, 0.3) is 0 Å². The van der Waals surface area contributed by atoms with Crippen LogP contribution in [-0.4, -0.2) is 15.6 Å². The number of aromatic nitrogens is 2. The number of halogens is 2. The molecule has 2 heterocycles. The Kier molecular flexibility index (Phi) is 3.47. The number of rotatable bonds is 3. The molecule has 0 aliphatic carbocycles. The van der Waals surface area contributed by atoms with Gasteiger partial charge in [-0.3, -0.25) is 9.48 Å². The quantitative estimate of drug-likeness (QED) is 0.810. The highest BCUT2D eigenvalue weighted by atomic mass is 79.9. The van der Waals surface area contributed by atoms with Gasteiger partial charge in [0.1, 0.15) is 5.69 Å². The van der Waals surface area contributed by atoms with E-state index in [2.05, 4.69) is 21.0 Å². The van der Waals surface area contributed by atoms with Gasteiger partial charge in [-0.05, 0) is 34.3 Å². The summed E-state index contributed by atoms with van der Waals surface area (Å²) in [5, 5.41) is 6.40.